The summed E-state index contributed by atoms with van der Waals surface area (Å²) in [5.41, 5.74) is -1.44. The van der Waals surface area contributed by atoms with Crippen molar-refractivity contribution < 1.29 is 18.0 Å². The number of carbonyl (C=O) groups excluding carboxylic acids is 1. The molecule has 2 heterocycles. The summed E-state index contributed by atoms with van der Waals surface area (Å²) in [5, 5.41) is 10.3. The number of carbonyl (C=O) groups is 1. The number of benzene rings is 1. The van der Waals surface area contributed by atoms with Gasteiger partial charge in [0, 0.05) is 24.1 Å². The number of aromatic nitrogens is 4. The van der Waals surface area contributed by atoms with Crippen molar-refractivity contribution in [2.24, 2.45) is 0 Å². The molecular weight excluding hydrogens is 351 g/mol. The molecule has 26 heavy (non-hydrogen) atoms. The summed E-state index contributed by atoms with van der Waals surface area (Å²) in [4.78, 5) is 23.9. The van der Waals surface area contributed by atoms with Crippen molar-refractivity contribution in [2.45, 2.75) is 12.7 Å². The van der Waals surface area contributed by atoms with Crippen LogP contribution in [0.15, 0.2) is 59.7 Å². The monoisotopic (exact) mass is 363 g/mol. The Morgan fingerprint density at radius 1 is 1.15 bits per heavy atom. The summed E-state index contributed by atoms with van der Waals surface area (Å²) in [6.07, 6.45) is -1.38. The van der Waals surface area contributed by atoms with Crippen LogP contribution in [0.5, 0.6) is 0 Å². The topological polar surface area (TPSA) is 81.8 Å². The second kappa shape index (κ2) is 6.82. The zero-order valence-electron chi connectivity index (χ0n) is 13.1. The number of amides is 1. The first-order chi connectivity index (χ1) is 12.3. The highest BCUT2D eigenvalue weighted by atomic mass is 19.4. The normalized spacial score (nSPS) is 11.3. The molecule has 0 radical (unpaired) electrons. The van der Waals surface area contributed by atoms with Crippen LogP contribution in [-0.2, 0) is 17.5 Å². The van der Waals surface area contributed by atoms with Crippen LogP contribution in [-0.4, -0.2) is 25.5 Å². The second-order valence-electron chi connectivity index (χ2n) is 5.26. The molecule has 0 atom stereocenters. The van der Waals surface area contributed by atoms with Crippen LogP contribution in [0.25, 0.3) is 5.82 Å². The molecule has 0 unspecified atom stereocenters. The largest absolute Gasteiger partial charge is 0.416 e. The minimum Gasteiger partial charge on any atom is -0.324 e. The third-order valence-electron chi connectivity index (χ3n) is 3.36. The third kappa shape index (κ3) is 3.97. The molecule has 3 rings (SSSR count). The fourth-order valence-electron chi connectivity index (χ4n) is 2.19. The van der Waals surface area contributed by atoms with Crippen LogP contribution < -0.4 is 10.9 Å². The molecule has 0 aliphatic carbocycles. The first-order valence-corrected chi connectivity index (χ1v) is 7.38. The van der Waals surface area contributed by atoms with Gasteiger partial charge in [-0.3, -0.25) is 9.59 Å². The molecule has 2 aromatic heterocycles. The molecule has 0 fully saturated rings. The molecule has 0 bridgehead atoms. The number of rotatable bonds is 4. The summed E-state index contributed by atoms with van der Waals surface area (Å²) >= 11 is 0. The van der Waals surface area contributed by atoms with Crippen LogP contribution in [0.2, 0.25) is 0 Å². The Hall–Kier alpha value is -3.43. The minimum atomic E-state index is -4.52. The van der Waals surface area contributed by atoms with Gasteiger partial charge in [0.2, 0.25) is 5.91 Å². The summed E-state index contributed by atoms with van der Waals surface area (Å²) in [7, 11) is 0. The maximum atomic E-state index is 12.7. The number of nitrogens with zero attached hydrogens (tertiary/aromatic N) is 4. The van der Waals surface area contributed by atoms with Gasteiger partial charge in [-0.25, -0.2) is 9.36 Å². The first kappa shape index (κ1) is 17.4. The molecule has 3 aromatic rings. The molecule has 7 nitrogen and oxygen atoms in total. The number of alkyl halides is 3. The lowest BCUT2D eigenvalue weighted by Crippen LogP contribution is -2.30. The predicted molar refractivity (Wildman–Crippen MR) is 85.7 cm³/mol. The zero-order chi connectivity index (χ0) is 18.7. The maximum Gasteiger partial charge on any atom is 0.416 e. The lowest BCUT2D eigenvalue weighted by atomic mass is 10.2. The van der Waals surface area contributed by atoms with Gasteiger partial charge in [-0.05, 0) is 30.3 Å². The van der Waals surface area contributed by atoms with Crippen LogP contribution >= 0.6 is 0 Å². The van der Waals surface area contributed by atoms with E-state index >= 15 is 0 Å². The number of hydrogen-bond acceptors (Lipinski definition) is 4. The summed E-state index contributed by atoms with van der Waals surface area (Å²) < 4.78 is 40.4. The molecule has 1 N–H and O–H groups in total. The molecule has 134 valence electrons. The van der Waals surface area contributed by atoms with Crippen molar-refractivity contribution in [3.05, 3.63) is 70.8 Å². The number of hydrogen-bond donors (Lipinski definition) is 1. The maximum absolute atomic E-state index is 12.7. The molecule has 0 aliphatic rings. The van der Waals surface area contributed by atoms with Gasteiger partial charge in [-0.1, -0.05) is 6.07 Å². The van der Waals surface area contributed by atoms with E-state index in [4.69, 9.17) is 0 Å². The summed E-state index contributed by atoms with van der Waals surface area (Å²) in [6.45, 7) is -0.454. The Bertz CT molecular complexity index is 980. The van der Waals surface area contributed by atoms with Crippen molar-refractivity contribution in [3.63, 3.8) is 0 Å². The fraction of sp³-hybridized carbons (Fsp3) is 0.125. The van der Waals surface area contributed by atoms with Crippen molar-refractivity contribution in [1.82, 2.24) is 19.6 Å². The highest BCUT2D eigenvalue weighted by Crippen LogP contribution is 2.30. The lowest BCUT2D eigenvalue weighted by Gasteiger charge is -2.10. The Balaban J connectivity index is 1.77. The SMILES string of the molecule is O=C(Cn1nc(-n2cccn2)ccc1=O)Nc1cccc(C(F)(F)F)c1. The van der Waals surface area contributed by atoms with E-state index in [0.29, 0.717) is 5.82 Å². The van der Waals surface area contributed by atoms with Crippen molar-refractivity contribution in [3.8, 4) is 5.82 Å². The van der Waals surface area contributed by atoms with Crippen molar-refractivity contribution >= 4 is 11.6 Å². The average molecular weight is 363 g/mol. The minimum absolute atomic E-state index is 0.0268. The van der Waals surface area contributed by atoms with Gasteiger partial charge in [0.15, 0.2) is 5.82 Å². The molecule has 0 saturated carbocycles. The Labute approximate surface area is 144 Å². The Morgan fingerprint density at radius 3 is 2.65 bits per heavy atom. The average Bonchev–Trinajstić information content (AvgIpc) is 3.11. The smallest absolute Gasteiger partial charge is 0.324 e. The van der Waals surface area contributed by atoms with Gasteiger partial charge < -0.3 is 5.32 Å². The first-order valence-electron chi connectivity index (χ1n) is 7.38. The molecule has 0 saturated heterocycles. The Kier molecular flexibility index (Phi) is 4.57. The van der Waals surface area contributed by atoms with E-state index in [1.165, 1.54) is 35.1 Å². The van der Waals surface area contributed by atoms with E-state index in [2.05, 4.69) is 15.5 Å². The predicted octanol–water partition coefficient (Wildman–Crippen LogP) is 2.09. The molecule has 0 aliphatic heterocycles. The van der Waals surface area contributed by atoms with Gasteiger partial charge in [0.25, 0.3) is 5.56 Å². The zero-order valence-corrected chi connectivity index (χ0v) is 13.1. The molecule has 0 spiro atoms. The lowest BCUT2D eigenvalue weighted by molar-refractivity contribution is -0.137. The van der Waals surface area contributed by atoms with Gasteiger partial charge in [-0.15, -0.1) is 5.10 Å². The molecule has 10 heteroatoms. The van der Waals surface area contributed by atoms with E-state index in [9.17, 15) is 22.8 Å². The highest BCUT2D eigenvalue weighted by Gasteiger charge is 2.30. The number of nitrogens with one attached hydrogen (secondary N) is 1. The van der Waals surface area contributed by atoms with Gasteiger partial charge in [0.1, 0.15) is 6.54 Å². The summed E-state index contributed by atoms with van der Waals surface area (Å²) in [6, 6.07) is 8.55. The van der Waals surface area contributed by atoms with E-state index in [0.717, 1.165) is 16.8 Å². The highest BCUT2D eigenvalue weighted by molar-refractivity contribution is 5.90. The molecule has 1 aromatic carbocycles. The van der Waals surface area contributed by atoms with E-state index in [-0.39, 0.29) is 5.69 Å². The molecule has 1 amide bonds. The van der Waals surface area contributed by atoms with E-state index in [1.54, 1.807) is 12.3 Å². The van der Waals surface area contributed by atoms with Crippen molar-refractivity contribution in [1.29, 1.82) is 0 Å². The van der Waals surface area contributed by atoms with Gasteiger partial charge >= 0.3 is 6.18 Å². The number of halogens is 3. The van der Waals surface area contributed by atoms with E-state index < -0.39 is 29.8 Å². The second-order valence-corrected chi connectivity index (χ2v) is 5.26. The fourth-order valence-corrected chi connectivity index (χ4v) is 2.19. The summed E-state index contributed by atoms with van der Waals surface area (Å²) in [5.74, 6) is -0.363. The van der Waals surface area contributed by atoms with E-state index in [1.807, 2.05) is 0 Å². The van der Waals surface area contributed by atoms with Crippen molar-refractivity contribution in [2.75, 3.05) is 5.32 Å². The van der Waals surface area contributed by atoms with Crippen LogP contribution in [0.3, 0.4) is 0 Å². The standard InChI is InChI=1S/C16H12F3N5O2/c17-16(18,19)11-3-1-4-12(9-11)21-14(25)10-24-15(26)6-5-13(22-24)23-8-2-7-20-23/h1-9H,10H2,(H,21,25). The van der Waals surface area contributed by atoms with Crippen LogP contribution in [0.4, 0.5) is 18.9 Å². The van der Waals surface area contributed by atoms with Gasteiger partial charge in [-0.2, -0.15) is 18.3 Å². The third-order valence-corrected chi connectivity index (χ3v) is 3.36. The van der Waals surface area contributed by atoms with Crippen LogP contribution in [0, 0.1) is 0 Å². The number of anilines is 1. The Morgan fingerprint density at radius 2 is 1.96 bits per heavy atom. The van der Waals surface area contributed by atoms with Gasteiger partial charge in [0.05, 0.1) is 5.56 Å². The quantitative estimate of drug-likeness (QED) is 0.770. The van der Waals surface area contributed by atoms with Crippen LogP contribution in [0.1, 0.15) is 5.56 Å². The molecular formula is C16H12F3N5O2.